The number of halogens is 1. The van der Waals surface area contributed by atoms with E-state index >= 15 is 0 Å². The van der Waals surface area contributed by atoms with Crippen LogP contribution in [0.2, 0.25) is 0 Å². The smallest absolute Gasteiger partial charge is 0.317 e. The lowest BCUT2D eigenvalue weighted by Crippen LogP contribution is -2.57. The third-order valence-electron chi connectivity index (χ3n) is 6.11. The van der Waals surface area contributed by atoms with Crippen molar-refractivity contribution in [3.63, 3.8) is 0 Å². The number of nitrogens with zero attached hydrogens (tertiary/aromatic N) is 1. The lowest BCUT2D eigenvalue weighted by atomic mass is 9.74. The normalized spacial score (nSPS) is 31.4. The number of benzene rings is 1. The van der Waals surface area contributed by atoms with E-state index in [1.54, 1.807) is 12.1 Å². The number of nitrogens with one attached hydrogen (secondary N) is 1. The van der Waals surface area contributed by atoms with Crippen LogP contribution in [0.1, 0.15) is 50.0 Å². The van der Waals surface area contributed by atoms with Crippen molar-refractivity contribution < 1.29 is 14.3 Å². The van der Waals surface area contributed by atoms with Gasteiger partial charge < -0.3 is 10.4 Å². The highest BCUT2D eigenvalue weighted by Gasteiger charge is 2.39. The number of aliphatic carboxylic acids is 1. The third kappa shape index (κ3) is 4.21. The quantitative estimate of drug-likeness (QED) is 0.760. The van der Waals surface area contributed by atoms with E-state index in [2.05, 4.69) is 10.2 Å². The van der Waals surface area contributed by atoms with E-state index in [0.29, 0.717) is 24.0 Å². The van der Waals surface area contributed by atoms with Gasteiger partial charge in [-0.2, -0.15) is 0 Å². The first-order chi connectivity index (χ1) is 12.1. The first-order valence-corrected chi connectivity index (χ1v) is 9.54. The van der Waals surface area contributed by atoms with Crippen LogP contribution >= 0.6 is 0 Å². The summed E-state index contributed by atoms with van der Waals surface area (Å²) in [5.41, 5.74) is 1.24. The van der Waals surface area contributed by atoms with Crippen molar-refractivity contribution in [2.75, 3.05) is 13.1 Å². The van der Waals surface area contributed by atoms with Gasteiger partial charge in [0, 0.05) is 24.7 Å². The summed E-state index contributed by atoms with van der Waals surface area (Å²) in [6.45, 7) is 1.14. The van der Waals surface area contributed by atoms with E-state index in [1.807, 2.05) is 12.1 Å². The van der Waals surface area contributed by atoms with Crippen LogP contribution in [-0.4, -0.2) is 47.2 Å². The van der Waals surface area contributed by atoms with Crippen LogP contribution in [0.3, 0.4) is 0 Å². The van der Waals surface area contributed by atoms with Crippen LogP contribution in [0.4, 0.5) is 4.39 Å². The van der Waals surface area contributed by atoms with E-state index in [0.717, 1.165) is 38.1 Å². The van der Waals surface area contributed by atoms with Gasteiger partial charge in [-0.25, -0.2) is 4.39 Å². The SMILES string of the molecule is O=C(O)CN(CC1CC1)C1CC(NC2CC(c3ccc(F)cc3)C2)C1. The molecule has 1 aromatic rings. The highest BCUT2D eigenvalue weighted by Crippen LogP contribution is 2.39. The predicted octanol–water partition coefficient (Wildman–Crippen LogP) is 2.99. The van der Waals surface area contributed by atoms with Crippen molar-refractivity contribution in [2.24, 2.45) is 5.92 Å². The maximum absolute atomic E-state index is 13.0. The summed E-state index contributed by atoms with van der Waals surface area (Å²) in [5.74, 6) is 0.398. The molecule has 4 rings (SSSR count). The van der Waals surface area contributed by atoms with Gasteiger partial charge >= 0.3 is 5.97 Å². The van der Waals surface area contributed by atoms with E-state index in [-0.39, 0.29) is 12.4 Å². The van der Waals surface area contributed by atoms with Crippen molar-refractivity contribution in [3.8, 4) is 0 Å². The maximum atomic E-state index is 13.0. The Bertz CT molecular complexity index is 605. The van der Waals surface area contributed by atoms with Gasteiger partial charge in [0.15, 0.2) is 0 Å². The second kappa shape index (κ2) is 7.04. The Balaban J connectivity index is 1.18. The molecule has 5 heteroatoms. The van der Waals surface area contributed by atoms with Crippen molar-refractivity contribution in [2.45, 2.75) is 62.6 Å². The molecule has 0 aliphatic heterocycles. The molecule has 0 saturated heterocycles. The van der Waals surface area contributed by atoms with Crippen LogP contribution in [0.5, 0.6) is 0 Å². The molecule has 0 radical (unpaired) electrons. The van der Waals surface area contributed by atoms with Gasteiger partial charge in [0.25, 0.3) is 0 Å². The highest BCUT2D eigenvalue weighted by atomic mass is 19.1. The highest BCUT2D eigenvalue weighted by molar-refractivity contribution is 5.69. The minimum Gasteiger partial charge on any atom is -0.480 e. The van der Waals surface area contributed by atoms with Crippen molar-refractivity contribution in [3.05, 3.63) is 35.6 Å². The van der Waals surface area contributed by atoms with Gasteiger partial charge in [0.1, 0.15) is 5.82 Å². The molecule has 0 amide bonds. The average Bonchev–Trinajstić information content (AvgIpc) is 3.28. The zero-order valence-corrected chi connectivity index (χ0v) is 14.5. The Hall–Kier alpha value is -1.46. The van der Waals surface area contributed by atoms with Crippen LogP contribution < -0.4 is 5.32 Å². The Kier molecular flexibility index (Phi) is 4.78. The predicted molar refractivity (Wildman–Crippen MR) is 94.0 cm³/mol. The van der Waals surface area contributed by atoms with Crippen molar-refractivity contribution >= 4 is 5.97 Å². The summed E-state index contributed by atoms with van der Waals surface area (Å²) in [6, 6.07) is 8.40. The van der Waals surface area contributed by atoms with E-state index in [4.69, 9.17) is 5.11 Å². The first-order valence-electron chi connectivity index (χ1n) is 9.54. The van der Waals surface area contributed by atoms with Crippen LogP contribution in [-0.2, 0) is 4.79 Å². The molecule has 0 unspecified atom stereocenters. The van der Waals surface area contributed by atoms with Gasteiger partial charge in [-0.1, -0.05) is 12.1 Å². The summed E-state index contributed by atoms with van der Waals surface area (Å²) in [6.07, 6.45) is 6.89. The second-order valence-electron chi connectivity index (χ2n) is 8.17. The van der Waals surface area contributed by atoms with E-state index in [1.165, 1.54) is 18.4 Å². The lowest BCUT2D eigenvalue weighted by molar-refractivity contribution is -0.139. The molecule has 3 saturated carbocycles. The van der Waals surface area contributed by atoms with Gasteiger partial charge in [-0.05, 0) is 68.1 Å². The summed E-state index contributed by atoms with van der Waals surface area (Å²) < 4.78 is 13.0. The summed E-state index contributed by atoms with van der Waals surface area (Å²) in [5, 5.41) is 12.8. The molecule has 0 aromatic heterocycles. The molecule has 0 atom stereocenters. The standard InChI is InChI=1S/C20H27FN2O2/c21-16-5-3-14(4-6-16)15-7-17(8-15)22-18-9-19(10-18)23(12-20(24)25)11-13-1-2-13/h3-6,13,15,17-19,22H,1-2,7-12H2,(H,24,25). The maximum Gasteiger partial charge on any atom is 0.317 e. The molecule has 2 N–H and O–H groups in total. The first kappa shape index (κ1) is 17.0. The number of carboxylic acid groups (broad SMARTS) is 1. The van der Waals surface area contributed by atoms with E-state index < -0.39 is 5.97 Å². The second-order valence-corrected chi connectivity index (χ2v) is 8.17. The van der Waals surface area contributed by atoms with Gasteiger partial charge in [-0.15, -0.1) is 0 Å². The number of carboxylic acids is 1. The molecule has 0 heterocycles. The Morgan fingerprint density at radius 2 is 1.76 bits per heavy atom. The Morgan fingerprint density at radius 1 is 1.12 bits per heavy atom. The molecular formula is C20H27FN2O2. The van der Waals surface area contributed by atoms with Gasteiger partial charge in [0.05, 0.1) is 6.54 Å². The molecule has 3 aliphatic rings. The monoisotopic (exact) mass is 346 g/mol. The molecule has 4 nitrogen and oxygen atoms in total. The van der Waals surface area contributed by atoms with E-state index in [9.17, 15) is 9.18 Å². The molecule has 0 spiro atoms. The average molecular weight is 346 g/mol. The van der Waals surface area contributed by atoms with Crippen LogP contribution in [0.15, 0.2) is 24.3 Å². The minimum atomic E-state index is -0.710. The number of hydrogen-bond donors (Lipinski definition) is 2. The fourth-order valence-corrected chi connectivity index (χ4v) is 4.26. The summed E-state index contributed by atoms with van der Waals surface area (Å²) >= 11 is 0. The van der Waals surface area contributed by atoms with Crippen molar-refractivity contribution in [1.29, 1.82) is 0 Å². The topological polar surface area (TPSA) is 52.6 Å². The number of hydrogen-bond acceptors (Lipinski definition) is 3. The zero-order valence-electron chi connectivity index (χ0n) is 14.5. The largest absolute Gasteiger partial charge is 0.480 e. The van der Waals surface area contributed by atoms with Gasteiger partial charge in [0.2, 0.25) is 0 Å². The Morgan fingerprint density at radius 3 is 2.36 bits per heavy atom. The fourth-order valence-electron chi connectivity index (χ4n) is 4.26. The molecule has 3 aliphatic carbocycles. The molecule has 25 heavy (non-hydrogen) atoms. The Labute approximate surface area is 148 Å². The zero-order chi connectivity index (χ0) is 17.4. The molecule has 0 bridgehead atoms. The number of rotatable bonds is 8. The molecular weight excluding hydrogens is 319 g/mol. The summed E-state index contributed by atoms with van der Waals surface area (Å²) in [4.78, 5) is 13.3. The molecule has 136 valence electrons. The fraction of sp³-hybridized carbons (Fsp3) is 0.650. The molecule has 1 aromatic carbocycles. The van der Waals surface area contributed by atoms with Crippen LogP contribution in [0.25, 0.3) is 0 Å². The minimum absolute atomic E-state index is 0.171. The lowest BCUT2D eigenvalue weighted by Gasteiger charge is -2.47. The van der Waals surface area contributed by atoms with Crippen LogP contribution in [0, 0.1) is 11.7 Å². The molecule has 3 fully saturated rings. The summed E-state index contributed by atoms with van der Waals surface area (Å²) in [7, 11) is 0. The third-order valence-corrected chi connectivity index (χ3v) is 6.11. The number of carbonyl (C=O) groups is 1. The van der Waals surface area contributed by atoms with Crippen molar-refractivity contribution in [1.82, 2.24) is 10.2 Å². The van der Waals surface area contributed by atoms with Gasteiger partial charge in [-0.3, -0.25) is 9.69 Å².